The van der Waals surface area contributed by atoms with Gasteiger partial charge in [0, 0.05) is 5.56 Å². The van der Waals surface area contributed by atoms with E-state index in [0.717, 1.165) is 17.0 Å². The number of nitrogens with zero attached hydrogens (tertiary/aromatic N) is 1. The number of carbonyl (C=O) groups is 1. The van der Waals surface area contributed by atoms with E-state index >= 15 is 0 Å². The van der Waals surface area contributed by atoms with E-state index in [0.29, 0.717) is 15.0 Å². The number of thiocarbonyl (C=S) groups is 1. The second-order valence-electron chi connectivity index (χ2n) is 4.96. The molecule has 3 rings (SSSR count). The minimum Gasteiger partial charge on any atom is -0.497 e. The van der Waals surface area contributed by atoms with Gasteiger partial charge in [0.25, 0.3) is 5.91 Å². The first-order valence-electron chi connectivity index (χ1n) is 7.19. The molecular formula is C18H15NO3S2. The third kappa shape index (κ3) is 3.16. The molecule has 1 heterocycles. The van der Waals surface area contributed by atoms with Crippen molar-refractivity contribution >= 4 is 46.0 Å². The van der Waals surface area contributed by atoms with Crippen LogP contribution in [0, 0.1) is 0 Å². The Bertz CT molecular complexity index is 815. The summed E-state index contributed by atoms with van der Waals surface area (Å²) in [5, 5.41) is 0. The van der Waals surface area contributed by atoms with E-state index in [4.69, 9.17) is 21.7 Å². The van der Waals surface area contributed by atoms with E-state index in [-0.39, 0.29) is 5.91 Å². The van der Waals surface area contributed by atoms with Gasteiger partial charge in [-0.3, -0.25) is 9.69 Å². The molecular weight excluding hydrogens is 342 g/mol. The molecule has 0 saturated carbocycles. The maximum Gasteiger partial charge on any atom is 0.270 e. The Kier molecular flexibility index (Phi) is 4.87. The molecule has 0 radical (unpaired) electrons. The van der Waals surface area contributed by atoms with E-state index < -0.39 is 0 Å². The fourth-order valence-electron chi connectivity index (χ4n) is 2.35. The van der Waals surface area contributed by atoms with Crippen LogP contribution in [0.4, 0.5) is 5.69 Å². The van der Waals surface area contributed by atoms with Crippen molar-refractivity contribution in [3.8, 4) is 11.5 Å². The summed E-state index contributed by atoms with van der Waals surface area (Å²) in [4.78, 5) is 14.9. The molecule has 1 amide bonds. The number of hydrogen-bond donors (Lipinski definition) is 0. The van der Waals surface area contributed by atoms with Gasteiger partial charge in [-0.05, 0) is 36.4 Å². The minimum absolute atomic E-state index is 0.138. The lowest BCUT2D eigenvalue weighted by Crippen LogP contribution is -2.27. The van der Waals surface area contributed by atoms with Gasteiger partial charge in [0.2, 0.25) is 0 Å². The van der Waals surface area contributed by atoms with Gasteiger partial charge in [-0.15, -0.1) is 0 Å². The Morgan fingerprint density at radius 1 is 1.04 bits per heavy atom. The molecule has 4 nitrogen and oxygen atoms in total. The maximum absolute atomic E-state index is 12.8. The van der Waals surface area contributed by atoms with Crippen LogP contribution in [0.5, 0.6) is 11.5 Å². The number of benzene rings is 2. The molecule has 0 atom stereocenters. The number of hydrogen-bond acceptors (Lipinski definition) is 5. The highest BCUT2D eigenvalue weighted by atomic mass is 32.2. The molecule has 24 heavy (non-hydrogen) atoms. The normalized spacial score (nSPS) is 15.9. The summed E-state index contributed by atoms with van der Waals surface area (Å²) in [5.41, 5.74) is 1.57. The van der Waals surface area contributed by atoms with Crippen LogP contribution in [0.2, 0.25) is 0 Å². The molecule has 6 heteroatoms. The van der Waals surface area contributed by atoms with Gasteiger partial charge in [0.05, 0.1) is 24.8 Å². The summed E-state index contributed by atoms with van der Waals surface area (Å²) in [6.07, 6.45) is 1.81. The summed E-state index contributed by atoms with van der Waals surface area (Å²) >= 11 is 6.66. The monoisotopic (exact) mass is 357 g/mol. The van der Waals surface area contributed by atoms with Crippen molar-refractivity contribution in [2.75, 3.05) is 19.1 Å². The Hall–Kier alpha value is -2.31. The zero-order valence-electron chi connectivity index (χ0n) is 13.2. The van der Waals surface area contributed by atoms with Crippen LogP contribution in [-0.4, -0.2) is 24.4 Å². The van der Waals surface area contributed by atoms with Crippen LogP contribution in [0.15, 0.2) is 53.4 Å². The van der Waals surface area contributed by atoms with Crippen LogP contribution < -0.4 is 14.4 Å². The number of ether oxygens (including phenoxy) is 2. The topological polar surface area (TPSA) is 38.8 Å². The lowest BCUT2D eigenvalue weighted by molar-refractivity contribution is -0.113. The van der Waals surface area contributed by atoms with Gasteiger partial charge >= 0.3 is 0 Å². The maximum atomic E-state index is 12.8. The molecule has 1 aliphatic rings. The molecule has 122 valence electrons. The van der Waals surface area contributed by atoms with E-state index in [1.165, 1.54) is 16.7 Å². The highest BCUT2D eigenvalue weighted by Gasteiger charge is 2.33. The zero-order valence-corrected chi connectivity index (χ0v) is 14.8. The zero-order chi connectivity index (χ0) is 17.1. The second kappa shape index (κ2) is 7.07. The largest absolute Gasteiger partial charge is 0.497 e. The van der Waals surface area contributed by atoms with Crippen LogP contribution in [0.1, 0.15) is 5.56 Å². The molecule has 0 bridgehead atoms. The summed E-state index contributed by atoms with van der Waals surface area (Å²) < 4.78 is 11.0. The van der Waals surface area contributed by atoms with Crippen LogP contribution in [-0.2, 0) is 4.79 Å². The molecule has 1 fully saturated rings. The SMILES string of the molecule is COc1ccc(N2C(=O)C(=Cc3ccccc3OC)SC2=S)cc1. The van der Waals surface area contributed by atoms with Crippen LogP contribution >= 0.6 is 24.0 Å². The van der Waals surface area contributed by atoms with Crippen molar-refractivity contribution in [2.45, 2.75) is 0 Å². The quantitative estimate of drug-likeness (QED) is 0.608. The predicted octanol–water partition coefficient (Wildman–Crippen LogP) is 4.11. The fraction of sp³-hybridized carbons (Fsp3) is 0.111. The Morgan fingerprint density at radius 2 is 1.75 bits per heavy atom. The first kappa shape index (κ1) is 16.5. The van der Waals surface area contributed by atoms with E-state index in [1.54, 1.807) is 26.4 Å². The molecule has 0 aliphatic carbocycles. The van der Waals surface area contributed by atoms with Crippen molar-refractivity contribution in [3.05, 3.63) is 59.0 Å². The van der Waals surface area contributed by atoms with E-state index in [9.17, 15) is 4.79 Å². The predicted molar refractivity (Wildman–Crippen MR) is 102 cm³/mol. The van der Waals surface area contributed by atoms with Crippen molar-refractivity contribution < 1.29 is 14.3 Å². The summed E-state index contributed by atoms with van der Waals surface area (Å²) in [5.74, 6) is 1.31. The number of carbonyl (C=O) groups excluding carboxylic acids is 1. The number of thioether (sulfide) groups is 1. The van der Waals surface area contributed by atoms with Crippen molar-refractivity contribution in [1.29, 1.82) is 0 Å². The Balaban J connectivity index is 1.92. The molecule has 1 aliphatic heterocycles. The standard InChI is InChI=1S/C18H15NO3S2/c1-21-14-9-7-13(8-10-14)19-17(20)16(24-18(19)23)11-12-5-3-4-6-15(12)22-2/h3-11H,1-2H3. The average Bonchev–Trinajstić information content (AvgIpc) is 2.89. The average molecular weight is 357 g/mol. The molecule has 0 N–H and O–H groups in total. The summed E-state index contributed by atoms with van der Waals surface area (Å²) in [7, 11) is 3.21. The Morgan fingerprint density at radius 3 is 2.42 bits per heavy atom. The van der Waals surface area contributed by atoms with Crippen molar-refractivity contribution in [1.82, 2.24) is 0 Å². The van der Waals surface area contributed by atoms with Gasteiger partial charge in [-0.25, -0.2) is 0 Å². The lowest BCUT2D eigenvalue weighted by Gasteiger charge is -2.14. The van der Waals surface area contributed by atoms with E-state index in [2.05, 4.69) is 0 Å². The van der Waals surface area contributed by atoms with Crippen molar-refractivity contribution in [2.24, 2.45) is 0 Å². The van der Waals surface area contributed by atoms with Gasteiger partial charge < -0.3 is 9.47 Å². The second-order valence-corrected chi connectivity index (χ2v) is 6.63. The van der Waals surface area contributed by atoms with E-state index in [1.807, 2.05) is 42.5 Å². The molecule has 2 aromatic rings. The molecule has 1 saturated heterocycles. The number of rotatable bonds is 4. The molecule has 0 spiro atoms. The first-order valence-corrected chi connectivity index (χ1v) is 8.41. The van der Waals surface area contributed by atoms with Gasteiger partial charge in [-0.2, -0.15) is 0 Å². The van der Waals surface area contributed by atoms with Crippen LogP contribution in [0.3, 0.4) is 0 Å². The molecule has 0 unspecified atom stereocenters. The lowest BCUT2D eigenvalue weighted by atomic mass is 10.2. The summed E-state index contributed by atoms with van der Waals surface area (Å²) in [6.45, 7) is 0. The smallest absolute Gasteiger partial charge is 0.270 e. The Labute approximate surface area is 150 Å². The summed E-state index contributed by atoms with van der Waals surface area (Å²) in [6, 6.07) is 14.8. The minimum atomic E-state index is -0.138. The highest BCUT2D eigenvalue weighted by Crippen LogP contribution is 2.37. The number of amides is 1. The highest BCUT2D eigenvalue weighted by molar-refractivity contribution is 8.27. The van der Waals surface area contributed by atoms with Gasteiger partial charge in [-0.1, -0.05) is 42.2 Å². The number of para-hydroxylation sites is 1. The molecule has 2 aromatic carbocycles. The fourth-order valence-corrected chi connectivity index (χ4v) is 3.64. The third-order valence-corrected chi connectivity index (χ3v) is 4.85. The van der Waals surface area contributed by atoms with Gasteiger partial charge in [0.15, 0.2) is 4.32 Å². The first-order chi connectivity index (χ1) is 11.6. The third-order valence-electron chi connectivity index (χ3n) is 3.55. The van der Waals surface area contributed by atoms with Gasteiger partial charge in [0.1, 0.15) is 11.5 Å². The van der Waals surface area contributed by atoms with Crippen molar-refractivity contribution in [3.63, 3.8) is 0 Å². The van der Waals surface area contributed by atoms with Crippen LogP contribution in [0.25, 0.3) is 6.08 Å². The number of anilines is 1. The molecule has 0 aromatic heterocycles. The number of methoxy groups -OCH3 is 2.